The largest absolute Gasteiger partial charge is 0.460 e. The minimum atomic E-state index is -2.52. The first kappa shape index (κ1) is 46.5. The molecule has 4 aromatic carbocycles. The number of esters is 1. The van der Waals surface area contributed by atoms with Gasteiger partial charge in [-0.15, -0.1) is 0 Å². The van der Waals surface area contributed by atoms with Crippen LogP contribution in [0.1, 0.15) is 68.2 Å². The van der Waals surface area contributed by atoms with E-state index in [-0.39, 0.29) is 69.7 Å². The zero-order valence-electron chi connectivity index (χ0n) is 37.7. The average molecular weight is 903 g/mol. The summed E-state index contributed by atoms with van der Waals surface area (Å²) in [7, 11) is -2.52. The molecule has 2 saturated heterocycles. The molecule has 342 valence electrons. The number of hydrogen-bond donors (Lipinski definition) is 0. The zero-order valence-corrected chi connectivity index (χ0v) is 38.7. The van der Waals surface area contributed by atoms with Gasteiger partial charge in [0, 0.05) is 18.9 Å². The van der Waals surface area contributed by atoms with Crippen LogP contribution in [0.3, 0.4) is 0 Å². The van der Waals surface area contributed by atoms with Gasteiger partial charge in [-0.2, -0.15) is 0 Å². The van der Waals surface area contributed by atoms with E-state index in [4.69, 9.17) is 23.4 Å². The molecule has 0 spiro atoms. The van der Waals surface area contributed by atoms with Gasteiger partial charge < -0.3 is 23.4 Å². The summed E-state index contributed by atoms with van der Waals surface area (Å²) in [6, 6.07) is 31.1. The van der Waals surface area contributed by atoms with Crippen molar-refractivity contribution in [3.8, 4) is 11.1 Å². The van der Waals surface area contributed by atoms with Crippen LogP contribution in [-0.2, 0) is 46.2 Å². The van der Waals surface area contributed by atoms with Gasteiger partial charge in [-0.3, -0.25) is 4.79 Å². The molecule has 4 amide bonds. The Morgan fingerprint density at radius 3 is 1.77 bits per heavy atom. The van der Waals surface area contributed by atoms with Crippen molar-refractivity contribution in [3.05, 3.63) is 144 Å². The number of benzene rings is 4. The molecule has 0 N–H and O–H groups in total. The Morgan fingerprint density at radius 1 is 0.677 bits per heavy atom. The van der Waals surface area contributed by atoms with Crippen LogP contribution in [0.5, 0.6) is 0 Å². The number of hydrazine groups is 2. The molecular formula is C50H58N4O10Si. The molecule has 15 heteroatoms. The third-order valence-electron chi connectivity index (χ3n) is 12.6. The van der Waals surface area contributed by atoms with Crippen LogP contribution in [0.15, 0.2) is 122 Å². The lowest BCUT2D eigenvalue weighted by Gasteiger charge is -2.50. The van der Waals surface area contributed by atoms with Crippen LogP contribution >= 0.6 is 0 Å². The van der Waals surface area contributed by atoms with E-state index in [9.17, 15) is 19.2 Å². The third kappa shape index (κ3) is 10.4. The van der Waals surface area contributed by atoms with E-state index >= 15 is 4.79 Å². The molecule has 14 nitrogen and oxygen atoms in total. The minimum absolute atomic E-state index is 0.0116. The summed E-state index contributed by atoms with van der Waals surface area (Å²) < 4.78 is 30.1. The van der Waals surface area contributed by atoms with Crippen molar-refractivity contribution < 1.29 is 47.3 Å². The third-order valence-corrected chi connectivity index (χ3v) is 17.1. The Bertz CT molecular complexity index is 2310. The SMILES string of the molecule is C=CCOC(=O)[C@@H]1C[C@H](O[Si](C)(C)C(C)(C)C)CN(C(=O)OCc2ccccc2)N1C(=O)[C@H]1CCCN(C(=O)OCc2ccccc2)N1C(=O)OCC1c2ccccc2-c2ccccc21. The Kier molecular flexibility index (Phi) is 14.4. The molecule has 7 rings (SSSR count). The number of carbonyl (C=O) groups is 5. The highest BCUT2D eigenvalue weighted by Crippen LogP contribution is 2.45. The fourth-order valence-corrected chi connectivity index (χ4v) is 9.64. The predicted molar refractivity (Wildman–Crippen MR) is 245 cm³/mol. The highest BCUT2D eigenvalue weighted by atomic mass is 28.4. The number of nitrogens with zero attached hydrogens (tertiary/aromatic N) is 4. The lowest BCUT2D eigenvalue weighted by atomic mass is 9.98. The Morgan fingerprint density at radius 2 is 1.22 bits per heavy atom. The van der Waals surface area contributed by atoms with Crippen molar-refractivity contribution in [2.45, 2.75) is 95.5 Å². The lowest BCUT2D eigenvalue weighted by molar-refractivity contribution is -0.187. The van der Waals surface area contributed by atoms with Gasteiger partial charge in [-0.25, -0.2) is 39.2 Å². The molecule has 0 aromatic heterocycles. The molecule has 2 heterocycles. The summed E-state index contributed by atoms with van der Waals surface area (Å²) in [5.74, 6) is -1.98. The molecular weight excluding hydrogens is 845 g/mol. The summed E-state index contributed by atoms with van der Waals surface area (Å²) in [5.41, 5.74) is 5.41. The van der Waals surface area contributed by atoms with E-state index in [0.717, 1.165) is 42.3 Å². The van der Waals surface area contributed by atoms with E-state index in [1.165, 1.54) is 6.08 Å². The standard InChI is InChI=1S/C50H58N4O10Si/c1-7-29-60-46(56)44-30-37(64-65(5,6)50(2,3)4)31-52(48(58)62-33-36-21-12-9-13-22-36)53(44)45(55)43-27-18-28-51(47(57)61-32-35-19-10-8-11-20-35)54(43)49(59)63-34-42-40-25-16-14-23-38(40)39-24-15-17-26-41(39)42/h7-17,19-26,37,42-44H,1,18,27-34H2,2-6H3/t37-,43+,44-/m0/s1. The van der Waals surface area contributed by atoms with E-state index in [0.29, 0.717) is 11.1 Å². The maximum absolute atomic E-state index is 15.5. The molecule has 2 aliphatic heterocycles. The molecule has 65 heavy (non-hydrogen) atoms. The van der Waals surface area contributed by atoms with Gasteiger partial charge in [-0.1, -0.05) is 143 Å². The van der Waals surface area contributed by atoms with Gasteiger partial charge in [0.2, 0.25) is 0 Å². The van der Waals surface area contributed by atoms with Gasteiger partial charge in [0.15, 0.2) is 14.4 Å². The molecule has 4 aromatic rings. The highest BCUT2D eigenvalue weighted by Gasteiger charge is 2.52. The van der Waals surface area contributed by atoms with Crippen LogP contribution in [-0.4, -0.2) is 103 Å². The van der Waals surface area contributed by atoms with Crippen molar-refractivity contribution >= 4 is 38.5 Å². The normalized spacial score (nSPS) is 18.6. The predicted octanol–water partition coefficient (Wildman–Crippen LogP) is 9.23. The molecule has 0 bridgehead atoms. The number of carbonyl (C=O) groups excluding carboxylic acids is 5. The van der Waals surface area contributed by atoms with Crippen molar-refractivity contribution in [3.63, 3.8) is 0 Å². The van der Waals surface area contributed by atoms with Gasteiger partial charge in [0.25, 0.3) is 5.91 Å². The second-order valence-corrected chi connectivity index (χ2v) is 22.7. The second-order valence-electron chi connectivity index (χ2n) is 17.9. The number of hydrogen-bond acceptors (Lipinski definition) is 10. The summed E-state index contributed by atoms with van der Waals surface area (Å²) in [6.45, 7) is 13.4. The topological polar surface area (TPSA) is 144 Å². The highest BCUT2D eigenvalue weighted by molar-refractivity contribution is 6.74. The first-order valence-electron chi connectivity index (χ1n) is 22.1. The average Bonchev–Trinajstić information content (AvgIpc) is 3.63. The van der Waals surface area contributed by atoms with Crippen molar-refractivity contribution in [2.75, 3.05) is 26.3 Å². The Hall–Kier alpha value is -6.45. The van der Waals surface area contributed by atoms with E-state index in [1.54, 1.807) is 24.3 Å². The van der Waals surface area contributed by atoms with Crippen molar-refractivity contribution in [1.29, 1.82) is 0 Å². The van der Waals surface area contributed by atoms with Gasteiger partial charge >= 0.3 is 24.2 Å². The van der Waals surface area contributed by atoms with Crippen LogP contribution in [0.4, 0.5) is 14.4 Å². The Balaban J connectivity index is 1.24. The van der Waals surface area contributed by atoms with Gasteiger partial charge in [0.1, 0.15) is 32.5 Å². The van der Waals surface area contributed by atoms with E-state index in [2.05, 4.69) is 40.4 Å². The van der Waals surface area contributed by atoms with Gasteiger partial charge in [-0.05, 0) is 64.4 Å². The molecule has 3 atom stereocenters. The second kappa shape index (κ2) is 20.2. The molecule has 0 radical (unpaired) electrons. The minimum Gasteiger partial charge on any atom is -0.460 e. The number of rotatable bonds is 12. The number of ether oxygens (including phenoxy) is 4. The van der Waals surface area contributed by atoms with Crippen LogP contribution in [0.2, 0.25) is 18.1 Å². The Labute approximate surface area is 381 Å². The fourth-order valence-electron chi connectivity index (χ4n) is 8.29. The van der Waals surface area contributed by atoms with E-state index < -0.39 is 56.7 Å². The number of amides is 4. The first-order chi connectivity index (χ1) is 31.2. The summed E-state index contributed by atoms with van der Waals surface area (Å²) >= 11 is 0. The zero-order chi connectivity index (χ0) is 46.3. The van der Waals surface area contributed by atoms with Crippen LogP contribution in [0.25, 0.3) is 11.1 Å². The summed E-state index contributed by atoms with van der Waals surface area (Å²) in [6.07, 6.45) is -1.82. The van der Waals surface area contributed by atoms with Gasteiger partial charge in [0.05, 0.1) is 12.6 Å². The maximum atomic E-state index is 15.5. The smallest absolute Gasteiger partial charge is 0.429 e. The van der Waals surface area contributed by atoms with Crippen molar-refractivity contribution in [1.82, 2.24) is 20.0 Å². The van der Waals surface area contributed by atoms with E-state index in [1.807, 2.05) is 84.9 Å². The molecule has 3 aliphatic rings. The first-order valence-corrected chi connectivity index (χ1v) is 25.0. The number of fused-ring (bicyclic) bond motifs is 3. The van der Waals surface area contributed by atoms with Crippen molar-refractivity contribution in [2.24, 2.45) is 0 Å². The maximum Gasteiger partial charge on any atom is 0.429 e. The molecule has 0 saturated carbocycles. The quantitative estimate of drug-likeness (QED) is 0.0584. The monoisotopic (exact) mass is 902 g/mol. The summed E-state index contributed by atoms with van der Waals surface area (Å²) in [5, 5.41) is 3.92. The van der Waals surface area contributed by atoms with Crippen LogP contribution in [0, 0.1) is 0 Å². The molecule has 1 aliphatic carbocycles. The lowest BCUT2D eigenvalue weighted by Crippen LogP contribution is -2.70. The molecule has 0 unspecified atom stereocenters. The fraction of sp³-hybridized carbons (Fsp3) is 0.380. The molecule has 2 fully saturated rings. The summed E-state index contributed by atoms with van der Waals surface area (Å²) in [4.78, 5) is 73.0. The van der Waals surface area contributed by atoms with Crippen LogP contribution < -0.4 is 0 Å².